The quantitative estimate of drug-likeness (QED) is 0.568. The van der Waals surface area contributed by atoms with Crippen LogP contribution in [0, 0.1) is 0 Å². The molecule has 1 rings (SSSR count). The SMILES string of the molecule is CC(C)(C)OC(=O)NCC(N)Cc1c(O)cc(O)cc1O. The van der Waals surface area contributed by atoms with Crippen LogP contribution in [0.4, 0.5) is 4.79 Å². The van der Waals surface area contributed by atoms with Crippen LogP contribution in [0.1, 0.15) is 26.3 Å². The van der Waals surface area contributed by atoms with E-state index in [-0.39, 0.29) is 35.8 Å². The maximum atomic E-state index is 11.5. The van der Waals surface area contributed by atoms with Gasteiger partial charge in [-0.1, -0.05) is 0 Å². The van der Waals surface area contributed by atoms with Gasteiger partial charge in [0.15, 0.2) is 0 Å². The van der Waals surface area contributed by atoms with Gasteiger partial charge in [-0.05, 0) is 27.2 Å². The normalized spacial score (nSPS) is 12.8. The van der Waals surface area contributed by atoms with Gasteiger partial charge in [0.25, 0.3) is 0 Å². The van der Waals surface area contributed by atoms with Gasteiger partial charge in [-0.25, -0.2) is 4.79 Å². The first-order valence-corrected chi connectivity index (χ1v) is 6.54. The van der Waals surface area contributed by atoms with Crippen molar-refractivity contribution in [2.45, 2.75) is 38.8 Å². The number of benzene rings is 1. The van der Waals surface area contributed by atoms with Gasteiger partial charge in [0.05, 0.1) is 0 Å². The van der Waals surface area contributed by atoms with Crippen molar-refractivity contribution < 1.29 is 24.9 Å². The van der Waals surface area contributed by atoms with E-state index in [4.69, 9.17) is 10.5 Å². The minimum atomic E-state index is -0.596. The van der Waals surface area contributed by atoms with Crippen LogP contribution >= 0.6 is 0 Å². The molecule has 7 heteroatoms. The molecule has 1 amide bonds. The second-order valence-electron chi connectivity index (χ2n) is 5.81. The number of carbonyl (C=O) groups is 1. The molecule has 0 aliphatic heterocycles. The Bertz CT molecular complexity index is 488. The number of hydrogen-bond acceptors (Lipinski definition) is 6. The minimum Gasteiger partial charge on any atom is -0.508 e. The highest BCUT2D eigenvalue weighted by atomic mass is 16.6. The summed E-state index contributed by atoms with van der Waals surface area (Å²) in [4.78, 5) is 11.5. The van der Waals surface area contributed by atoms with Crippen molar-refractivity contribution in [1.29, 1.82) is 0 Å². The average Bonchev–Trinajstić information content (AvgIpc) is 2.29. The van der Waals surface area contributed by atoms with E-state index < -0.39 is 17.7 Å². The summed E-state index contributed by atoms with van der Waals surface area (Å²) >= 11 is 0. The largest absolute Gasteiger partial charge is 0.508 e. The first-order valence-electron chi connectivity index (χ1n) is 6.54. The lowest BCUT2D eigenvalue weighted by Gasteiger charge is -2.21. The van der Waals surface area contributed by atoms with Gasteiger partial charge in [-0.3, -0.25) is 0 Å². The molecule has 0 aliphatic rings. The molecule has 6 N–H and O–H groups in total. The van der Waals surface area contributed by atoms with E-state index in [9.17, 15) is 20.1 Å². The van der Waals surface area contributed by atoms with Crippen molar-refractivity contribution in [2.24, 2.45) is 5.73 Å². The lowest BCUT2D eigenvalue weighted by molar-refractivity contribution is 0.0524. The van der Waals surface area contributed by atoms with Crippen molar-refractivity contribution in [2.75, 3.05) is 6.54 Å². The topological polar surface area (TPSA) is 125 Å². The molecule has 0 saturated heterocycles. The van der Waals surface area contributed by atoms with Crippen molar-refractivity contribution in [3.8, 4) is 17.2 Å². The number of phenols is 3. The minimum absolute atomic E-state index is 0.120. The van der Waals surface area contributed by atoms with E-state index in [1.165, 1.54) is 0 Å². The van der Waals surface area contributed by atoms with Crippen molar-refractivity contribution in [3.05, 3.63) is 17.7 Å². The third kappa shape index (κ3) is 5.78. The first kappa shape index (κ1) is 16.9. The van der Waals surface area contributed by atoms with Crippen molar-refractivity contribution in [1.82, 2.24) is 5.32 Å². The molecule has 0 aliphatic carbocycles. The van der Waals surface area contributed by atoms with E-state index >= 15 is 0 Å². The number of rotatable bonds is 4. The Morgan fingerprint density at radius 2 is 1.81 bits per heavy atom. The Balaban J connectivity index is 2.55. The average molecular weight is 298 g/mol. The zero-order chi connectivity index (χ0) is 16.2. The van der Waals surface area contributed by atoms with Crippen LogP contribution in [-0.2, 0) is 11.2 Å². The van der Waals surface area contributed by atoms with Crippen LogP contribution in [0.2, 0.25) is 0 Å². The fourth-order valence-corrected chi connectivity index (χ4v) is 1.70. The highest BCUT2D eigenvalue weighted by Gasteiger charge is 2.18. The zero-order valence-electron chi connectivity index (χ0n) is 12.4. The summed E-state index contributed by atoms with van der Waals surface area (Å²) < 4.78 is 5.06. The molecule has 0 radical (unpaired) electrons. The summed E-state index contributed by atoms with van der Waals surface area (Å²) in [6, 6.07) is 1.70. The summed E-state index contributed by atoms with van der Waals surface area (Å²) in [5.74, 6) is -0.741. The summed E-state index contributed by atoms with van der Waals surface area (Å²) in [7, 11) is 0. The molecule has 1 unspecified atom stereocenters. The Kier molecular flexibility index (Phi) is 5.26. The number of carbonyl (C=O) groups excluding carboxylic acids is 1. The zero-order valence-corrected chi connectivity index (χ0v) is 12.4. The van der Waals surface area contributed by atoms with Gasteiger partial charge in [0.2, 0.25) is 0 Å². The molecule has 21 heavy (non-hydrogen) atoms. The van der Waals surface area contributed by atoms with Crippen LogP contribution in [-0.4, -0.2) is 39.6 Å². The highest BCUT2D eigenvalue weighted by Crippen LogP contribution is 2.32. The third-order valence-electron chi connectivity index (χ3n) is 2.56. The second-order valence-corrected chi connectivity index (χ2v) is 5.81. The standard InChI is InChI=1S/C14H22N2O5/c1-14(2,3)21-13(20)16-7-8(15)4-10-11(18)5-9(17)6-12(10)19/h5-6,8,17-19H,4,7,15H2,1-3H3,(H,16,20). The maximum Gasteiger partial charge on any atom is 0.407 e. The monoisotopic (exact) mass is 298 g/mol. The third-order valence-corrected chi connectivity index (χ3v) is 2.56. The number of amides is 1. The van der Waals surface area contributed by atoms with Crippen molar-refractivity contribution >= 4 is 6.09 Å². The smallest absolute Gasteiger partial charge is 0.407 e. The van der Waals surface area contributed by atoms with Gasteiger partial charge in [-0.15, -0.1) is 0 Å². The molecule has 0 saturated carbocycles. The Hall–Kier alpha value is -2.15. The molecular weight excluding hydrogens is 276 g/mol. The lowest BCUT2D eigenvalue weighted by atomic mass is 10.0. The molecule has 118 valence electrons. The summed E-state index contributed by atoms with van der Waals surface area (Å²) in [6.45, 7) is 5.37. The van der Waals surface area contributed by atoms with E-state index in [2.05, 4.69) is 5.32 Å². The molecule has 1 aromatic rings. The van der Waals surface area contributed by atoms with Crippen LogP contribution < -0.4 is 11.1 Å². The first-order chi connectivity index (χ1) is 9.58. The molecule has 7 nitrogen and oxygen atoms in total. The van der Waals surface area contributed by atoms with Gasteiger partial charge in [0.1, 0.15) is 22.8 Å². The summed E-state index contributed by atoms with van der Waals surface area (Å²) in [5.41, 5.74) is 5.46. The Morgan fingerprint density at radius 1 is 1.29 bits per heavy atom. The van der Waals surface area contributed by atoms with Gasteiger partial charge >= 0.3 is 6.09 Å². The predicted octanol–water partition coefficient (Wildman–Crippen LogP) is 1.20. The number of nitrogens with one attached hydrogen (secondary N) is 1. The molecular formula is C14H22N2O5. The number of ether oxygens (including phenoxy) is 1. The van der Waals surface area contributed by atoms with Crippen LogP contribution in [0.25, 0.3) is 0 Å². The van der Waals surface area contributed by atoms with Crippen LogP contribution in [0.15, 0.2) is 12.1 Å². The molecule has 1 aromatic carbocycles. The lowest BCUT2D eigenvalue weighted by Crippen LogP contribution is -2.41. The molecule has 0 bridgehead atoms. The van der Waals surface area contributed by atoms with Gasteiger partial charge in [0, 0.05) is 30.3 Å². The Morgan fingerprint density at radius 3 is 2.29 bits per heavy atom. The fourth-order valence-electron chi connectivity index (χ4n) is 1.70. The van der Waals surface area contributed by atoms with E-state index in [0.29, 0.717) is 0 Å². The van der Waals surface area contributed by atoms with E-state index in [1.807, 2.05) is 0 Å². The van der Waals surface area contributed by atoms with Gasteiger partial charge in [-0.2, -0.15) is 0 Å². The predicted molar refractivity (Wildman–Crippen MR) is 77.4 cm³/mol. The molecule has 0 spiro atoms. The van der Waals surface area contributed by atoms with Crippen molar-refractivity contribution in [3.63, 3.8) is 0 Å². The van der Waals surface area contributed by atoms with E-state index in [1.54, 1.807) is 20.8 Å². The number of phenolic OH excluding ortho intramolecular Hbond substituents is 3. The fraction of sp³-hybridized carbons (Fsp3) is 0.500. The number of nitrogens with two attached hydrogens (primary N) is 1. The molecule has 0 aromatic heterocycles. The molecule has 0 heterocycles. The van der Waals surface area contributed by atoms with Gasteiger partial charge < -0.3 is 31.1 Å². The van der Waals surface area contributed by atoms with Crippen LogP contribution in [0.5, 0.6) is 17.2 Å². The highest BCUT2D eigenvalue weighted by molar-refractivity contribution is 5.67. The summed E-state index contributed by atoms with van der Waals surface area (Å²) in [5, 5.41) is 31.1. The number of aromatic hydroxyl groups is 3. The number of hydrogen-bond donors (Lipinski definition) is 5. The molecule has 1 atom stereocenters. The number of alkyl carbamates (subject to hydrolysis) is 1. The van der Waals surface area contributed by atoms with E-state index in [0.717, 1.165) is 12.1 Å². The molecule has 0 fully saturated rings. The second kappa shape index (κ2) is 6.53. The van der Waals surface area contributed by atoms with Crippen LogP contribution in [0.3, 0.4) is 0 Å². The maximum absolute atomic E-state index is 11.5. The Labute approximate surface area is 123 Å². The summed E-state index contributed by atoms with van der Waals surface area (Å²) in [6.07, 6.45) is -0.453.